The molecule has 0 bridgehead atoms. The van der Waals surface area contributed by atoms with Gasteiger partial charge in [-0.05, 0) is 24.3 Å². The van der Waals surface area contributed by atoms with Crippen LogP contribution in [0.2, 0.25) is 5.02 Å². The van der Waals surface area contributed by atoms with E-state index in [0.29, 0.717) is 17.4 Å². The number of carboxylic acids is 1. The number of nitrogens with zero attached hydrogens (tertiary/aromatic N) is 2. The van der Waals surface area contributed by atoms with E-state index in [1.54, 1.807) is 30.3 Å². The topological polar surface area (TPSA) is 112 Å². The Morgan fingerprint density at radius 3 is 2.58 bits per heavy atom. The fraction of sp³-hybridized carbons (Fsp3) is 0.167. The van der Waals surface area contributed by atoms with Gasteiger partial charge in [0.1, 0.15) is 11.4 Å². The van der Waals surface area contributed by atoms with Crippen molar-refractivity contribution < 1.29 is 32.6 Å². The normalized spacial score (nSPS) is 11.0. The summed E-state index contributed by atoms with van der Waals surface area (Å²) in [5, 5.41) is 21.2. The fourth-order valence-corrected chi connectivity index (χ4v) is 4.35. The monoisotopic (exact) mass is 535 g/mol. The number of hydrogen-bond acceptors (Lipinski definition) is 6. The van der Waals surface area contributed by atoms with Crippen LogP contribution in [0.4, 0.5) is 13.2 Å². The van der Waals surface area contributed by atoms with Crippen molar-refractivity contribution in [1.82, 2.24) is 10.3 Å². The van der Waals surface area contributed by atoms with E-state index in [1.807, 2.05) is 0 Å². The number of ether oxygens (including phenoxy) is 1. The second kappa shape index (κ2) is 11.3. The zero-order valence-electron chi connectivity index (χ0n) is 18.5. The number of methoxy groups -OCH3 is 1. The van der Waals surface area contributed by atoms with Crippen molar-refractivity contribution in [2.45, 2.75) is 17.6 Å². The minimum Gasteiger partial charge on any atom is -0.496 e. The maximum Gasteiger partial charge on any atom is 0.433 e. The molecular weight excluding hydrogens is 519 g/mol. The smallest absolute Gasteiger partial charge is 0.433 e. The summed E-state index contributed by atoms with van der Waals surface area (Å²) in [6, 6.07) is 11.9. The van der Waals surface area contributed by atoms with E-state index in [2.05, 4.69) is 10.3 Å². The van der Waals surface area contributed by atoms with Crippen LogP contribution >= 0.6 is 23.4 Å². The number of alkyl halides is 3. The number of carboxylic acid groups (broad SMARTS) is 1. The number of aromatic nitrogens is 1. The lowest BCUT2D eigenvalue weighted by molar-refractivity contribution is -0.141. The first-order valence-electron chi connectivity index (χ1n) is 10.1. The summed E-state index contributed by atoms with van der Waals surface area (Å²) in [6.45, 7) is 0.0785. The van der Waals surface area contributed by atoms with Gasteiger partial charge >= 0.3 is 12.1 Å². The number of benzene rings is 2. The van der Waals surface area contributed by atoms with Gasteiger partial charge in [-0.3, -0.25) is 14.6 Å². The molecule has 3 rings (SSSR count). The highest BCUT2D eigenvalue weighted by Crippen LogP contribution is 2.38. The number of thioether (sulfide) groups is 1. The summed E-state index contributed by atoms with van der Waals surface area (Å²) in [5.41, 5.74) is -0.797. The van der Waals surface area contributed by atoms with Gasteiger partial charge in [0, 0.05) is 39.4 Å². The molecular formula is C24H17ClF3N3O4S. The fourth-order valence-electron chi connectivity index (χ4n) is 3.24. The minimum atomic E-state index is -4.76. The summed E-state index contributed by atoms with van der Waals surface area (Å²) < 4.78 is 44.4. The highest BCUT2D eigenvalue weighted by Gasteiger charge is 2.33. The van der Waals surface area contributed by atoms with Crippen LogP contribution in [0, 0.1) is 11.3 Å². The van der Waals surface area contributed by atoms with Gasteiger partial charge in [0.15, 0.2) is 0 Å². The molecule has 0 atom stereocenters. The Morgan fingerprint density at radius 1 is 1.22 bits per heavy atom. The van der Waals surface area contributed by atoms with Gasteiger partial charge < -0.3 is 15.2 Å². The van der Waals surface area contributed by atoms with E-state index in [0.717, 1.165) is 18.0 Å². The number of rotatable bonds is 8. The van der Waals surface area contributed by atoms with Crippen LogP contribution in [0.25, 0.3) is 11.1 Å². The Kier molecular flexibility index (Phi) is 8.45. The largest absolute Gasteiger partial charge is 0.496 e. The van der Waals surface area contributed by atoms with Crippen LogP contribution in [0.15, 0.2) is 53.6 Å². The standard InChI is InChI=1S/C24H17ClF3N3O4S/c1-35-19-5-3-2-4-13(19)10-31-23(34)16-7-15(18(25)8-20(16)36-12-22(32)33)17-11-30-21(24(26,27)28)6-14(17)9-29/h2-8,11H,10,12H2,1H3,(H,31,34)(H,32,33). The van der Waals surface area contributed by atoms with Crippen molar-refractivity contribution in [2.24, 2.45) is 0 Å². The number of nitriles is 1. The van der Waals surface area contributed by atoms with E-state index in [4.69, 9.17) is 21.4 Å². The number of pyridine rings is 1. The lowest BCUT2D eigenvalue weighted by atomic mass is 9.99. The lowest BCUT2D eigenvalue weighted by Crippen LogP contribution is -2.24. The van der Waals surface area contributed by atoms with Crippen molar-refractivity contribution in [3.8, 4) is 22.9 Å². The Balaban J connectivity index is 2.05. The number of halogens is 4. The van der Waals surface area contributed by atoms with Crippen molar-refractivity contribution in [2.75, 3.05) is 12.9 Å². The SMILES string of the molecule is COc1ccccc1CNC(=O)c1cc(-c2cnc(C(F)(F)F)cc2C#N)c(Cl)cc1SCC(=O)O. The summed E-state index contributed by atoms with van der Waals surface area (Å²) in [6.07, 6.45) is -3.89. The van der Waals surface area contributed by atoms with E-state index >= 15 is 0 Å². The summed E-state index contributed by atoms with van der Waals surface area (Å²) in [7, 11) is 1.48. The lowest BCUT2D eigenvalue weighted by Gasteiger charge is -2.15. The molecule has 0 unspecified atom stereocenters. The number of aliphatic carboxylic acids is 1. The molecule has 3 aromatic rings. The van der Waals surface area contributed by atoms with E-state index < -0.39 is 23.7 Å². The number of hydrogen-bond donors (Lipinski definition) is 2. The number of carbonyl (C=O) groups is 2. The molecule has 0 fully saturated rings. The molecule has 12 heteroatoms. The van der Waals surface area contributed by atoms with Gasteiger partial charge in [0.05, 0.1) is 30.1 Å². The third-order valence-electron chi connectivity index (χ3n) is 4.90. The Hall–Kier alpha value is -3.75. The first-order valence-corrected chi connectivity index (χ1v) is 11.5. The average Bonchev–Trinajstić information content (AvgIpc) is 2.85. The molecule has 0 aliphatic carbocycles. The minimum absolute atomic E-state index is 0.00206. The molecule has 0 aliphatic rings. The van der Waals surface area contributed by atoms with E-state index in [9.17, 15) is 28.0 Å². The Bertz CT molecular complexity index is 1360. The van der Waals surface area contributed by atoms with Crippen LogP contribution in [-0.4, -0.2) is 34.8 Å². The van der Waals surface area contributed by atoms with Crippen LogP contribution < -0.4 is 10.1 Å². The predicted molar refractivity (Wildman–Crippen MR) is 127 cm³/mol. The summed E-state index contributed by atoms with van der Waals surface area (Å²) in [4.78, 5) is 27.9. The Labute approximate surface area is 212 Å². The number of para-hydroxylation sites is 1. The third kappa shape index (κ3) is 6.27. The molecule has 2 aromatic carbocycles. The third-order valence-corrected chi connectivity index (χ3v) is 6.25. The van der Waals surface area contributed by atoms with Crippen molar-refractivity contribution in [3.05, 3.63) is 76.1 Å². The molecule has 1 amide bonds. The first-order chi connectivity index (χ1) is 17.0. The highest BCUT2D eigenvalue weighted by atomic mass is 35.5. The van der Waals surface area contributed by atoms with Crippen molar-refractivity contribution in [3.63, 3.8) is 0 Å². The van der Waals surface area contributed by atoms with Gasteiger partial charge in [-0.25, -0.2) is 0 Å². The molecule has 7 nitrogen and oxygen atoms in total. The van der Waals surface area contributed by atoms with Crippen LogP contribution in [0.3, 0.4) is 0 Å². The predicted octanol–water partition coefficient (Wildman–Crippen LogP) is 5.41. The number of carbonyl (C=O) groups excluding carboxylic acids is 1. The summed E-state index contributed by atoms with van der Waals surface area (Å²) in [5.74, 6) is -1.54. The first kappa shape index (κ1) is 26.8. The number of nitrogens with one attached hydrogen (secondary N) is 1. The Morgan fingerprint density at radius 2 is 1.94 bits per heavy atom. The average molecular weight is 536 g/mol. The molecule has 0 saturated heterocycles. The molecule has 0 spiro atoms. The second-order valence-corrected chi connectivity index (χ2v) is 8.65. The second-order valence-electron chi connectivity index (χ2n) is 7.23. The maximum atomic E-state index is 13.1. The molecule has 36 heavy (non-hydrogen) atoms. The van der Waals surface area contributed by atoms with Crippen molar-refractivity contribution in [1.29, 1.82) is 5.26 Å². The zero-order chi connectivity index (χ0) is 26.5. The van der Waals surface area contributed by atoms with Crippen LogP contribution in [-0.2, 0) is 17.5 Å². The quantitative estimate of drug-likeness (QED) is 0.371. The van der Waals surface area contributed by atoms with Gasteiger partial charge in [0.2, 0.25) is 0 Å². The highest BCUT2D eigenvalue weighted by molar-refractivity contribution is 8.00. The van der Waals surface area contributed by atoms with Gasteiger partial charge in [-0.1, -0.05) is 29.8 Å². The molecule has 0 saturated carbocycles. The molecule has 2 N–H and O–H groups in total. The van der Waals surface area contributed by atoms with Gasteiger partial charge in [0.25, 0.3) is 5.91 Å². The van der Waals surface area contributed by atoms with Crippen molar-refractivity contribution >= 4 is 35.2 Å². The van der Waals surface area contributed by atoms with E-state index in [-0.39, 0.29) is 44.5 Å². The summed E-state index contributed by atoms with van der Waals surface area (Å²) >= 11 is 7.21. The van der Waals surface area contributed by atoms with Crippen LogP contribution in [0.5, 0.6) is 5.75 Å². The zero-order valence-corrected chi connectivity index (χ0v) is 20.1. The number of amides is 1. The molecule has 0 radical (unpaired) electrons. The van der Waals surface area contributed by atoms with Crippen LogP contribution in [0.1, 0.15) is 27.2 Å². The molecule has 1 heterocycles. The van der Waals surface area contributed by atoms with Gasteiger partial charge in [-0.2, -0.15) is 18.4 Å². The van der Waals surface area contributed by atoms with Gasteiger partial charge in [-0.15, -0.1) is 11.8 Å². The molecule has 1 aromatic heterocycles. The molecule has 186 valence electrons. The maximum absolute atomic E-state index is 13.1. The van der Waals surface area contributed by atoms with E-state index in [1.165, 1.54) is 19.2 Å². The molecule has 0 aliphatic heterocycles.